The van der Waals surface area contributed by atoms with Crippen molar-refractivity contribution in [2.45, 2.75) is 38.5 Å². The minimum Gasteiger partial charge on any atom is -0.370 e. The molecule has 0 aliphatic carbocycles. The van der Waals surface area contributed by atoms with E-state index in [0.717, 1.165) is 57.0 Å². The van der Waals surface area contributed by atoms with Gasteiger partial charge in [0.1, 0.15) is 11.6 Å². The first kappa shape index (κ1) is 16.0. The van der Waals surface area contributed by atoms with Crippen molar-refractivity contribution < 1.29 is 0 Å². The highest BCUT2D eigenvalue weighted by Crippen LogP contribution is 2.30. The van der Waals surface area contributed by atoms with Gasteiger partial charge in [-0.15, -0.1) is 11.3 Å². The molecule has 0 spiro atoms. The molecule has 0 unspecified atom stereocenters. The number of piperidine rings is 1. The summed E-state index contributed by atoms with van der Waals surface area (Å²) in [5.74, 6) is 2.65. The summed E-state index contributed by atoms with van der Waals surface area (Å²) in [5, 5.41) is 5.50. The van der Waals surface area contributed by atoms with Crippen LogP contribution in [0.3, 0.4) is 0 Å². The first-order chi connectivity index (χ1) is 11.3. The molecule has 0 saturated carbocycles. The molecule has 1 fully saturated rings. The lowest BCUT2D eigenvalue weighted by Gasteiger charge is -2.32. The van der Waals surface area contributed by atoms with Gasteiger partial charge in [0, 0.05) is 37.0 Å². The number of anilines is 3. The maximum Gasteiger partial charge on any atom is 0.223 e. The van der Waals surface area contributed by atoms with E-state index >= 15 is 0 Å². The molecule has 3 heterocycles. The van der Waals surface area contributed by atoms with Crippen LogP contribution < -0.4 is 16.0 Å². The Labute approximate surface area is 141 Å². The third kappa shape index (κ3) is 4.10. The van der Waals surface area contributed by atoms with Crippen molar-refractivity contribution in [3.05, 3.63) is 22.7 Å². The second-order valence-corrected chi connectivity index (χ2v) is 6.64. The molecule has 0 aromatic carbocycles. The first-order valence-electron chi connectivity index (χ1n) is 8.27. The van der Waals surface area contributed by atoms with Crippen LogP contribution in [0.2, 0.25) is 0 Å². The first-order valence-corrected chi connectivity index (χ1v) is 9.22. The highest BCUT2D eigenvalue weighted by molar-refractivity contribution is 7.07. The van der Waals surface area contributed by atoms with Gasteiger partial charge < -0.3 is 16.0 Å². The van der Waals surface area contributed by atoms with Gasteiger partial charge in [-0.3, -0.25) is 0 Å². The molecule has 3 rings (SSSR count). The number of nitrogens with one attached hydrogen (secondary N) is 1. The van der Waals surface area contributed by atoms with E-state index in [-0.39, 0.29) is 0 Å². The zero-order valence-electron chi connectivity index (χ0n) is 13.5. The van der Waals surface area contributed by atoms with Crippen molar-refractivity contribution in [3.8, 4) is 0 Å². The number of unbranched alkanes of at least 4 members (excludes halogenated alkanes) is 1. The number of aromatic nitrogens is 3. The third-order valence-electron chi connectivity index (χ3n) is 4.26. The molecule has 3 N–H and O–H groups in total. The van der Waals surface area contributed by atoms with E-state index in [2.05, 4.69) is 37.5 Å². The molecule has 2 aromatic rings. The average molecular weight is 332 g/mol. The van der Waals surface area contributed by atoms with Crippen molar-refractivity contribution in [1.82, 2.24) is 15.0 Å². The van der Waals surface area contributed by atoms with Crippen LogP contribution in [0.1, 0.15) is 44.2 Å². The van der Waals surface area contributed by atoms with Gasteiger partial charge in [-0.25, -0.2) is 4.98 Å². The van der Waals surface area contributed by atoms with Crippen molar-refractivity contribution in [3.63, 3.8) is 0 Å². The predicted octanol–water partition coefficient (Wildman–Crippen LogP) is 3.11. The average Bonchev–Trinajstić information content (AvgIpc) is 3.09. The van der Waals surface area contributed by atoms with E-state index in [4.69, 9.17) is 5.73 Å². The molecule has 0 amide bonds. The van der Waals surface area contributed by atoms with E-state index in [1.807, 2.05) is 11.6 Å². The summed E-state index contributed by atoms with van der Waals surface area (Å²) in [6, 6.07) is 2.01. The fraction of sp³-hybridized carbons (Fsp3) is 0.562. The normalized spacial score (nSPS) is 15.8. The molecule has 23 heavy (non-hydrogen) atoms. The molecular formula is C16H24N6S. The summed E-state index contributed by atoms with van der Waals surface area (Å²) in [6.45, 7) is 5.05. The lowest BCUT2D eigenvalue weighted by Crippen LogP contribution is -2.33. The van der Waals surface area contributed by atoms with Gasteiger partial charge in [-0.05, 0) is 19.3 Å². The summed E-state index contributed by atoms with van der Waals surface area (Å²) in [4.78, 5) is 15.4. The van der Waals surface area contributed by atoms with Crippen LogP contribution in [0.4, 0.5) is 17.6 Å². The summed E-state index contributed by atoms with van der Waals surface area (Å²) < 4.78 is 0. The Kier molecular flexibility index (Phi) is 5.27. The Morgan fingerprint density at radius 3 is 2.87 bits per heavy atom. The van der Waals surface area contributed by atoms with Crippen LogP contribution in [-0.4, -0.2) is 34.6 Å². The molecule has 0 bridgehead atoms. The van der Waals surface area contributed by atoms with Crippen molar-refractivity contribution in [2.75, 3.05) is 35.6 Å². The monoisotopic (exact) mass is 332 g/mol. The molecule has 1 aliphatic heterocycles. The van der Waals surface area contributed by atoms with E-state index < -0.39 is 0 Å². The smallest absolute Gasteiger partial charge is 0.223 e. The van der Waals surface area contributed by atoms with Crippen LogP contribution in [0, 0.1) is 0 Å². The Bertz CT molecular complexity index is 607. The molecule has 124 valence electrons. The maximum atomic E-state index is 5.88. The topological polar surface area (TPSA) is 80.0 Å². The lowest BCUT2D eigenvalue weighted by atomic mass is 9.94. The molecular weight excluding hydrogens is 308 g/mol. The van der Waals surface area contributed by atoms with Gasteiger partial charge >= 0.3 is 0 Å². The molecule has 6 nitrogen and oxygen atoms in total. The van der Waals surface area contributed by atoms with Gasteiger partial charge in [0.05, 0.1) is 11.2 Å². The van der Waals surface area contributed by atoms with Crippen molar-refractivity contribution in [2.24, 2.45) is 0 Å². The molecule has 0 atom stereocenters. The van der Waals surface area contributed by atoms with Gasteiger partial charge in [0.25, 0.3) is 0 Å². The van der Waals surface area contributed by atoms with Gasteiger partial charge in [0.15, 0.2) is 0 Å². The second kappa shape index (κ2) is 7.59. The lowest BCUT2D eigenvalue weighted by molar-refractivity contribution is 0.495. The molecule has 7 heteroatoms. The van der Waals surface area contributed by atoms with Gasteiger partial charge in [0.2, 0.25) is 5.95 Å². The number of rotatable bonds is 6. The van der Waals surface area contributed by atoms with E-state index in [0.29, 0.717) is 11.9 Å². The van der Waals surface area contributed by atoms with Crippen LogP contribution >= 0.6 is 11.3 Å². The predicted molar refractivity (Wildman–Crippen MR) is 96.1 cm³/mol. The number of hydrogen-bond acceptors (Lipinski definition) is 7. The number of hydrogen-bond donors (Lipinski definition) is 2. The van der Waals surface area contributed by atoms with Crippen LogP contribution in [0.5, 0.6) is 0 Å². The standard InChI is InChI=1S/C16H24N6S/c1-2-3-6-18-14-9-15(21-16(17)20-14)22-7-4-12(5-8-22)13-10-23-11-19-13/h9-12H,2-8H2,1H3,(H3,17,18,20,21). The number of nitrogens with two attached hydrogens (primary N) is 1. The summed E-state index contributed by atoms with van der Waals surface area (Å²) in [6.07, 6.45) is 4.49. The summed E-state index contributed by atoms with van der Waals surface area (Å²) in [7, 11) is 0. The molecule has 0 radical (unpaired) electrons. The zero-order valence-corrected chi connectivity index (χ0v) is 14.4. The highest BCUT2D eigenvalue weighted by atomic mass is 32.1. The highest BCUT2D eigenvalue weighted by Gasteiger charge is 2.23. The Hall–Kier alpha value is -1.89. The largest absolute Gasteiger partial charge is 0.370 e. The van der Waals surface area contributed by atoms with Gasteiger partial charge in [-0.2, -0.15) is 9.97 Å². The Morgan fingerprint density at radius 1 is 1.35 bits per heavy atom. The van der Waals surface area contributed by atoms with E-state index in [9.17, 15) is 0 Å². The van der Waals surface area contributed by atoms with Gasteiger partial charge in [-0.1, -0.05) is 13.3 Å². The molecule has 2 aromatic heterocycles. The fourth-order valence-electron chi connectivity index (χ4n) is 2.93. The number of nitrogens with zero attached hydrogens (tertiary/aromatic N) is 4. The maximum absolute atomic E-state index is 5.88. The number of thiazole rings is 1. The SMILES string of the molecule is CCCCNc1cc(N2CCC(c3cscn3)CC2)nc(N)n1. The number of nitrogen functional groups attached to an aromatic ring is 1. The summed E-state index contributed by atoms with van der Waals surface area (Å²) in [5.41, 5.74) is 9.03. The van der Waals surface area contributed by atoms with E-state index in [1.165, 1.54) is 5.69 Å². The van der Waals surface area contributed by atoms with E-state index in [1.54, 1.807) is 11.3 Å². The minimum absolute atomic E-state index is 0.336. The fourth-order valence-corrected chi connectivity index (χ4v) is 3.56. The van der Waals surface area contributed by atoms with Crippen molar-refractivity contribution in [1.29, 1.82) is 0 Å². The zero-order chi connectivity index (χ0) is 16.1. The van der Waals surface area contributed by atoms with Crippen molar-refractivity contribution >= 4 is 28.9 Å². The second-order valence-electron chi connectivity index (χ2n) is 5.92. The Morgan fingerprint density at radius 2 is 2.17 bits per heavy atom. The van der Waals surface area contributed by atoms with Crippen LogP contribution in [-0.2, 0) is 0 Å². The Balaban J connectivity index is 1.63. The minimum atomic E-state index is 0.336. The summed E-state index contributed by atoms with van der Waals surface area (Å²) >= 11 is 1.67. The third-order valence-corrected chi connectivity index (χ3v) is 4.86. The molecule has 1 saturated heterocycles. The van der Waals surface area contributed by atoms with Crippen LogP contribution in [0.25, 0.3) is 0 Å². The van der Waals surface area contributed by atoms with Crippen LogP contribution in [0.15, 0.2) is 17.0 Å². The quantitative estimate of drug-likeness (QED) is 0.791. The molecule has 1 aliphatic rings.